The van der Waals surface area contributed by atoms with Gasteiger partial charge < -0.3 is 0 Å². The molecule has 46 valence electrons. The van der Waals surface area contributed by atoms with Gasteiger partial charge in [0.05, 0.1) is 23.3 Å². The molecule has 0 radical (unpaired) electrons. The molecule has 1 aliphatic heterocycles. The summed E-state index contributed by atoms with van der Waals surface area (Å²) in [6, 6.07) is 4.30. The third kappa shape index (κ3) is 1.37. The molecule has 1 fully saturated rings. The van der Waals surface area contributed by atoms with Crippen LogP contribution in [0.2, 0.25) is 0 Å². The van der Waals surface area contributed by atoms with E-state index in [1.54, 1.807) is 11.8 Å². The van der Waals surface area contributed by atoms with Crippen molar-refractivity contribution in [3.8, 4) is 12.1 Å². The smallest absolute Gasteiger partial charge is 0.0929 e. The van der Waals surface area contributed by atoms with E-state index in [4.69, 9.17) is 10.5 Å². The van der Waals surface area contributed by atoms with Gasteiger partial charge in [0.1, 0.15) is 0 Å². The Bertz CT molecular complexity index is 156. The van der Waals surface area contributed by atoms with E-state index in [9.17, 15) is 0 Å². The zero-order valence-electron chi connectivity index (χ0n) is 4.87. The van der Waals surface area contributed by atoms with Crippen molar-refractivity contribution in [2.75, 3.05) is 5.75 Å². The molecular formula is C6H6N2S. The van der Waals surface area contributed by atoms with Gasteiger partial charge in [0.2, 0.25) is 0 Å². The molecular weight excluding hydrogens is 132 g/mol. The number of nitrogens with zero attached hydrogens (tertiary/aromatic N) is 2. The molecule has 1 rings (SSSR count). The molecule has 0 N–H and O–H groups in total. The lowest BCUT2D eigenvalue weighted by molar-refractivity contribution is 0.729. The summed E-state index contributed by atoms with van der Waals surface area (Å²) in [7, 11) is 0. The number of thioether (sulfide) groups is 1. The van der Waals surface area contributed by atoms with E-state index in [0.29, 0.717) is 0 Å². The highest BCUT2D eigenvalue weighted by molar-refractivity contribution is 8.00. The van der Waals surface area contributed by atoms with Gasteiger partial charge >= 0.3 is 0 Å². The fourth-order valence-electron chi connectivity index (χ4n) is 0.807. The van der Waals surface area contributed by atoms with E-state index < -0.39 is 0 Å². The van der Waals surface area contributed by atoms with Crippen LogP contribution in [0, 0.1) is 28.6 Å². The van der Waals surface area contributed by atoms with Crippen molar-refractivity contribution in [3.63, 3.8) is 0 Å². The second-order valence-corrected chi connectivity index (χ2v) is 3.25. The highest BCUT2D eigenvalue weighted by atomic mass is 32.2. The van der Waals surface area contributed by atoms with E-state index in [0.717, 1.165) is 12.2 Å². The van der Waals surface area contributed by atoms with Crippen molar-refractivity contribution in [1.82, 2.24) is 0 Å². The number of hydrogen-bond acceptors (Lipinski definition) is 3. The van der Waals surface area contributed by atoms with Gasteiger partial charge in [-0.25, -0.2) is 0 Å². The Kier molecular flexibility index (Phi) is 1.97. The minimum absolute atomic E-state index is 0.0784. The maximum absolute atomic E-state index is 8.41. The van der Waals surface area contributed by atoms with Crippen LogP contribution < -0.4 is 0 Å². The topological polar surface area (TPSA) is 47.6 Å². The SMILES string of the molecule is N#C[C@H]1CS[C@H](C#N)C1. The van der Waals surface area contributed by atoms with Crippen LogP contribution in [-0.4, -0.2) is 11.0 Å². The highest BCUT2D eigenvalue weighted by Gasteiger charge is 2.24. The van der Waals surface area contributed by atoms with Gasteiger partial charge in [-0.15, -0.1) is 11.8 Å². The molecule has 0 unspecified atom stereocenters. The summed E-state index contributed by atoms with van der Waals surface area (Å²) in [5, 5.41) is 16.9. The van der Waals surface area contributed by atoms with Crippen LogP contribution in [0.4, 0.5) is 0 Å². The fourth-order valence-corrected chi connectivity index (χ4v) is 1.92. The quantitative estimate of drug-likeness (QED) is 0.504. The monoisotopic (exact) mass is 138 g/mol. The van der Waals surface area contributed by atoms with Crippen molar-refractivity contribution in [2.24, 2.45) is 5.92 Å². The Morgan fingerprint density at radius 2 is 2.11 bits per heavy atom. The van der Waals surface area contributed by atoms with E-state index in [-0.39, 0.29) is 11.2 Å². The summed E-state index contributed by atoms with van der Waals surface area (Å²) in [5.74, 6) is 0.967. The first kappa shape index (κ1) is 6.45. The predicted molar refractivity (Wildman–Crippen MR) is 35.6 cm³/mol. The Hall–Kier alpha value is -0.670. The molecule has 0 aliphatic carbocycles. The van der Waals surface area contributed by atoms with Crippen LogP contribution >= 0.6 is 11.8 Å². The maximum Gasteiger partial charge on any atom is 0.0929 e. The summed E-state index contributed by atoms with van der Waals surface area (Å²) >= 11 is 1.59. The lowest BCUT2D eigenvalue weighted by atomic mass is 10.1. The highest BCUT2D eigenvalue weighted by Crippen LogP contribution is 2.29. The average Bonchev–Trinajstić information content (AvgIpc) is 2.34. The van der Waals surface area contributed by atoms with Crippen LogP contribution in [0.25, 0.3) is 0 Å². The number of hydrogen-bond donors (Lipinski definition) is 0. The van der Waals surface area contributed by atoms with Gasteiger partial charge in [-0.1, -0.05) is 0 Å². The maximum atomic E-state index is 8.41. The molecule has 0 bridgehead atoms. The number of rotatable bonds is 0. The Morgan fingerprint density at radius 1 is 1.33 bits per heavy atom. The van der Waals surface area contributed by atoms with E-state index in [2.05, 4.69) is 12.1 Å². The molecule has 0 amide bonds. The minimum Gasteiger partial charge on any atom is -0.198 e. The van der Waals surface area contributed by atoms with Gasteiger partial charge in [0, 0.05) is 5.75 Å². The first-order chi connectivity index (χ1) is 4.36. The van der Waals surface area contributed by atoms with Crippen LogP contribution in [0.3, 0.4) is 0 Å². The first-order valence-corrected chi connectivity index (χ1v) is 3.82. The molecule has 0 aromatic rings. The van der Waals surface area contributed by atoms with Gasteiger partial charge in [-0.3, -0.25) is 0 Å². The van der Waals surface area contributed by atoms with Crippen LogP contribution in [0.5, 0.6) is 0 Å². The summed E-state index contributed by atoms with van der Waals surface area (Å²) in [6.45, 7) is 0. The minimum atomic E-state index is 0.0784. The molecule has 1 heterocycles. The standard InChI is InChI=1S/C6H6N2S/c7-2-5-1-6(3-8)9-4-5/h5-6H,1,4H2/t5-,6-/m0/s1. The summed E-state index contributed by atoms with van der Waals surface area (Å²) in [4.78, 5) is 0. The fraction of sp³-hybridized carbons (Fsp3) is 0.667. The van der Waals surface area contributed by atoms with Crippen molar-refractivity contribution < 1.29 is 0 Å². The lowest BCUT2D eigenvalue weighted by Gasteiger charge is -1.90. The molecule has 0 aromatic carbocycles. The molecule has 0 aromatic heterocycles. The molecule has 1 saturated heterocycles. The normalized spacial score (nSPS) is 33.1. The van der Waals surface area contributed by atoms with Crippen LogP contribution in [0.15, 0.2) is 0 Å². The molecule has 2 nitrogen and oxygen atoms in total. The second kappa shape index (κ2) is 2.75. The Labute approximate surface area is 58.5 Å². The lowest BCUT2D eigenvalue weighted by Crippen LogP contribution is -1.95. The zero-order valence-corrected chi connectivity index (χ0v) is 5.69. The van der Waals surface area contributed by atoms with Crippen LogP contribution in [-0.2, 0) is 0 Å². The van der Waals surface area contributed by atoms with Crippen molar-refractivity contribution >= 4 is 11.8 Å². The Morgan fingerprint density at radius 3 is 2.44 bits per heavy atom. The summed E-state index contributed by atoms with van der Waals surface area (Å²) < 4.78 is 0. The van der Waals surface area contributed by atoms with Crippen LogP contribution in [0.1, 0.15) is 6.42 Å². The predicted octanol–water partition coefficient (Wildman–Crippen LogP) is 1.16. The van der Waals surface area contributed by atoms with Crippen molar-refractivity contribution in [2.45, 2.75) is 11.7 Å². The second-order valence-electron chi connectivity index (χ2n) is 2.01. The van der Waals surface area contributed by atoms with Gasteiger partial charge in [-0.05, 0) is 6.42 Å². The van der Waals surface area contributed by atoms with E-state index in [1.807, 2.05) is 0 Å². The molecule has 0 spiro atoms. The largest absolute Gasteiger partial charge is 0.198 e. The van der Waals surface area contributed by atoms with Gasteiger partial charge in [0.15, 0.2) is 0 Å². The molecule has 3 heteroatoms. The molecule has 2 atom stereocenters. The third-order valence-electron chi connectivity index (χ3n) is 1.32. The molecule has 0 saturated carbocycles. The summed E-state index contributed by atoms with van der Waals surface area (Å²) in [6.07, 6.45) is 0.762. The average molecular weight is 138 g/mol. The van der Waals surface area contributed by atoms with E-state index >= 15 is 0 Å². The Balaban J connectivity index is 2.42. The molecule has 1 aliphatic rings. The summed E-state index contributed by atoms with van der Waals surface area (Å²) in [5.41, 5.74) is 0. The molecule has 9 heavy (non-hydrogen) atoms. The van der Waals surface area contributed by atoms with Gasteiger partial charge in [-0.2, -0.15) is 10.5 Å². The zero-order chi connectivity index (χ0) is 6.69. The van der Waals surface area contributed by atoms with Gasteiger partial charge in [0.25, 0.3) is 0 Å². The van der Waals surface area contributed by atoms with E-state index in [1.165, 1.54) is 0 Å². The van der Waals surface area contributed by atoms with Crippen molar-refractivity contribution in [1.29, 1.82) is 10.5 Å². The van der Waals surface area contributed by atoms with Crippen molar-refractivity contribution in [3.05, 3.63) is 0 Å². The first-order valence-electron chi connectivity index (χ1n) is 2.77. The number of nitriles is 2. The third-order valence-corrected chi connectivity index (χ3v) is 2.62.